The maximum atomic E-state index is 12.0. The molecule has 0 aliphatic heterocycles. The molecule has 0 heterocycles. The summed E-state index contributed by atoms with van der Waals surface area (Å²) < 4.78 is 4.96. The Labute approximate surface area is 145 Å². The van der Waals surface area contributed by atoms with Gasteiger partial charge in [0.25, 0.3) is 0 Å². The second-order valence-electron chi connectivity index (χ2n) is 4.72. The van der Waals surface area contributed by atoms with Crippen LogP contribution < -0.4 is 10.6 Å². The molecule has 5 nitrogen and oxygen atoms in total. The molecule has 0 radical (unpaired) electrons. The lowest BCUT2D eigenvalue weighted by Gasteiger charge is -2.09. The van der Waals surface area contributed by atoms with Crippen LogP contribution in [0.15, 0.2) is 54.7 Å². The minimum atomic E-state index is -0.486. The molecule has 0 unspecified atom stereocenters. The predicted octanol–water partition coefficient (Wildman–Crippen LogP) is 4.31. The van der Waals surface area contributed by atoms with E-state index in [1.165, 1.54) is 6.20 Å². The van der Waals surface area contributed by atoms with Crippen LogP contribution in [0.2, 0.25) is 5.02 Å². The smallest absolute Gasteiger partial charge is 0.340 e. The van der Waals surface area contributed by atoms with Crippen molar-refractivity contribution in [3.05, 3.63) is 70.9 Å². The fraction of sp³-hybridized carbons (Fsp3) is 0.111. The fourth-order valence-corrected chi connectivity index (χ4v) is 2.15. The van der Waals surface area contributed by atoms with Crippen LogP contribution in [0, 0.1) is 0 Å². The minimum Gasteiger partial charge on any atom is -0.462 e. The van der Waals surface area contributed by atoms with Gasteiger partial charge in [-0.1, -0.05) is 41.9 Å². The van der Waals surface area contributed by atoms with Crippen molar-refractivity contribution in [2.75, 3.05) is 11.9 Å². The third kappa shape index (κ3) is 4.86. The number of ether oxygens (including phenoxy) is 1. The molecule has 2 N–H and O–H groups in total. The zero-order valence-electron chi connectivity index (χ0n) is 13.1. The zero-order valence-corrected chi connectivity index (χ0v) is 13.8. The summed E-state index contributed by atoms with van der Waals surface area (Å²) in [5, 5.41) is 5.77. The Morgan fingerprint density at radius 3 is 2.58 bits per heavy atom. The maximum Gasteiger partial charge on any atom is 0.340 e. The van der Waals surface area contributed by atoms with Gasteiger partial charge in [-0.15, -0.1) is 0 Å². The summed E-state index contributed by atoms with van der Waals surface area (Å²) in [5.41, 5.74) is 1.45. The molecule has 0 aliphatic carbocycles. The summed E-state index contributed by atoms with van der Waals surface area (Å²) in [5.74, 6) is -0.486. The van der Waals surface area contributed by atoms with Gasteiger partial charge in [-0.2, -0.15) is 0 Å². The second-order valence-corrected chi connectivity index (χ2v) is 5.13. The SMILES string of the molecule is CCOC(=O)c1ccccc1NC(=O)N/C=C/c1ccccc1Cl. The second kappa shape index (κ2) is 8.74. The Hall–Kier alpha value is -2.79. The zero-order chi connectivity index (χ0) is 17.4. The first kappa shape index (κ1) is 17.6. The number of amides is 2. The number of urea groups is 1. The van der Waals surface area contributed by atoms with E-state index in [0.29, 0.717) is 16.3 Å². The molecule has 124 valence electrons. The largest absolute Gasteiger partial charge is 0.462 e. The lowest BCUT2D eigenvalue weighted by Crippen LogP contribution is -2.25. The Kier molecular flexibility index (Phi) is 6.40. The van der Waals surface area contributed by atoms with E-state index >= 15 is 0 Å². The van der Waals surface area contributed by atoms with Crippen molar-refractivity contribution in [3.63, 3.8) is 0 Å². The molecule has 0 atom stereocenters. The van der Waals surface area contributed by atoms with Crippen molar-refractivity contribution in [1.82, 2.24) is 5.32 Å². The van der Waals surface area contributed by atoms with Crippen molar-refractivity contribution in [2.24, 2.45) is 0 Å². The topological polar surface area (TPSA) is 67.4 Å². The summed E-state index contributed by atoms with van der Waals surface area (Å²) in [6.07, 6.45) is 3.16. The fourth-order valence-electron chi connectivity index (χ4n) is 1.95. The number of benzene rings is 2. The number of halogens is 1. The van der Waals surface area contributed by atoms with Gasteiger partial charge in [0.15, 0.2) is 0 Å². The molecule has 2 aromatic rings. The van der Waals surface area contributed by atoms with E-state index in [2.05, 4.69) is 10.6 Å². The van der Waals surface area contributed by atoms with Crippen molar-refractivity contribution in [1.29, 1.82) is 0 Å². The number of nitrogens with one attached hydrogen (secondary N) is 2. The first-order valence-corrected chi connectivity index (χ1v) is 7.74. The molecule has 0 saturated heterocycles. The van der Waals surface area contributed by atoms with Crippen molar-refractivity contribution in [3.8, 4) is 0 Å². The molecule has 0 aliphatic rings. The molecule has 0 spiro atoms. The number of anilines is 1. The maximum absolute atomic E-state index is 12.0. The van der Waals surface area contributed by atoms with Crippen LogP contribution in [0.1, 0.15) is 22.8 Å². The summed E-state index contributed by atoms with van der Waals surface area (Å²) in [6, 6.07) is 13.4. The summed E-state index contributed by atoms with van der Waals surface area (Å²) in [4.78, 5) is 23.8. The Morgan fingerprint density at radius 2 is 1.83 bits per heavy atom. The van der Waals surface area contributed by atoms with Crippen LogP contribution >= 0.6 is 11.6 Å². The molecular formula is C18H17ClN2O3. The number of hydrogen-bond acceptors (Lipinski definition) is 3. The first-order valence-electron chi connectivity index (χ1n) is 7.36. The van der Waals surface area contributed by atoms with Crippen molar-refractivity contribution in [2.45, 2.75) is 6.92 Å². The van der Waals surface area contributed by atoms with Crippen molar-refractivity contribution < 1.29 is 14.3 Å². The Balaban J connectivity index is 2.00. The van der Waals surface area contributed by atoms with Gasteiger partial charge in [0, 0.05) is 11.2 Å². The normalized spacial score (nSPS) is 10.4. The van der Waals surface area contributed by atoms with Gasteiger partial charge in [0.05, 0.1) is 17.9 Å². The van der Waals surface area contributed by atoms with E-state index < -0.39 is 12.0 Å². The lowest BCUT2D eigenvalue weighted by atomic mass is 10.2. The van der Waals surface area contributed by atoms with E-state index in [9.17, 15) is 9.59 Å². The molecule has 2 rings (SSSR count). The highest BCUT2D eigenvalue weighted by Gasteiger charge is 2.13. The highest BCUT2D eigenvalue weighted by Crippen LogP contribution is 2.17. The van der Waals surface area contributed by atoms with Gasteiger partial charge in [-0.05, 0) is 36.8 Å². The molecule has 0 aromatic heterocycles. The van der Waals surface area contributed by atoms with E-state index in [4.69, 9.17) is 16.3 Å². The quantitative estimate of drug-likeness (QED) is 0.794. The van der Waals surface area contributed by atoms with Crippen LogP contribution in [-0.4, -0.2) is 18.6 Å². The number of hydrogen-bond donors (Lipinski definition) is 2. The van der Waals surface area contributed by atoms with Gasteiger partial charge in [-0.25, -0.2) is 9.59 Å². The number of carbonyl (C=O) groups excluding carboxylic acids is 2. The third-order valence-corrected chi connectivity index (χ3v) is 3.40. The minimum absolute atomic E-state index is 0.264. The lowest BCUT2D eigenvalue weighted by molar-refractivity contribution is 0.0527. The molecule has 6 heteroatoms. The van der Waals surface area contributed by atoms with Crippen LogP contribution in [0.3, 0.4) is 0 Å². The Bertz CT molecular complexity index is 759. The van der Waals surface area contributed by atoms with Crippen LogP contribution in [0.5, 0.6) is 0 Å². The third-order valence-electron chi connectivity index (χ3n) is 3.05. The van der Waals surface area contributed by atoms with Crippen LogP contribution in [0.4, 0.5) is 10.5 Å². The molecule has 0 fully saturated rings. The van der Waals surface area contributed by atoms with Gasteiger partial charge in [0.2, 0.25) is 0 Å². The van der Waals surface area contributed by atoms with E-state index in [0.717, 1.165) is 5.56 Å². The monoisotopic (exact) mass is 344 g/mol. The summed E-state index contributed by atoms with van der Waals surface area (Å²) >= 11 is 6.02. The highest BCUT2D eigenvalue weighted by molar-refractivity contribution is 6.32. The summed E-state index contributed by atoms with van der Waals surface area (Å²) in [6.45, 7) is 1.99. The standard InChI is InChI=1S/C18H17ClN2O3/c1-2-24-17(22)14-8-4-6-10-16(14)21-18(23)20-12-11-13-7-3-5-9-15(13)19/h3-12H,2H2,1H3,(H2,20,21,23)/b12-11+. The Morgan fingerprint density at radius 1 is 1.12 bits per heavy atom. The number of para-hydroxylation sites is 1. The van der Waals surface area contributed by atoms with E-state index in [-0.39, 0.29) is 6.61 Å². The molecule has 0 saturated carbocycles. The van der Waals surface area contributed by atoms with Gasteiger partial charge in [0.1, 0.15) is 0 Å². The van der Waals surface area contributed by atoms with Crippen molar-refractivity contribution >= 4 is 35.4 Å². The summed E-state index contributed by atoms with van der Waals surface area (Å²) in [7, 11) is 0. The molecule has 2 aromatic carbocycles. The molecule has 0 bridgehead atoms. The van der Waals surface area contributed by atoms with Crippen LogP contribution in [-0.2, 0) is 4.74 Å². The number of carbonyl (C=O) groups is 2. The van der Waals surface area contributed by atoms with Gasteiger partial charge >= 0.3 is 12.0 Å². The number of esters is 1. The molecular weight excluding hydrogens is 328 g/mol. The van der Waals surface area contributed by atoms with E-state index in [1.807, 2.05) is 18.2 Å². The van der Waals surface area contributed by atoms with Crippen LogP contribution in [0.25, 0.3) is 6.08 Å². The van der Waals surface area contributed by atoms with Gasteiger partial charge < -0.3 is 15.4 Å². The van der Waals surface area contributed by atoms with E-state index in [1.54, 1.807) is 43.3 Å². The first-order chi connectivity index (χ1) is 11.6. The average molecular weight is 345 g/mol. The number of rotatable bonds is 5. The predicted molar refractivity (Wildman–Crippen MR) is 95.0 cm³/mol. The average Bonchev–Trinajstić information content (AvgIpc) is 2.57. The van der Waals surface area contributed by atoms with Gasteiger partial charge in [-0.3, -0.25) is 0 Å². The molecule has 2 amide bonds. The molecule has 24 heavy (non-hydrogen) atoms. The highest BCUT2D eigenvalue weighted by atomic mass is 35.5.